The summed E-state index contributed by atoms with van der Waals surface area (Å²) in [6, 6.07) is 0. The molecule has 1 aliphatic rings. The van der Waals surface area contributed by atoms with E-state index in [-0.39, 0.29) is 12.2 Å². The first-order valence-corrected chi connectivity index (χ1v) is 5.54. The zero-order valence-electron chi connectivity index (χ0n) is 10.1. The Hall–Kier alpha value is -0.610. The number of rotatable bonds is 3. The van der Waals surface area contributed by atoms with Crippen molar-refractivity contribution < 1.29 is 9.53 Å². The lowest BCUT2D eigenvalue weighted by Gasteiger charge is -2.24. The number of carbonyl (C=O) groups excluding carboxylic acids is 1. The van der Waals surface area contributed by atoms with Gasteiger partial charge in [0, 0.05) is 12.5 Å². The maximum Gasteiger partial charge on any atom is 0.312 e. The van der Waals surface area contributed by atoms with E-state index in [9.17, 15) is 4.79 Å². The predicted octanol–water partition coefficient (Wildman–Crippen LogP) is 0.731. The van der Waals surface area contributed by atoms with E-state index in [1.54, 1.807) is 0 Å². The van der Waals surface area contributed by atoms with E-state index in [1.807, 2.05) is 27.8 Å². The molecule has 2 unspecified atom stereocenters. The van der Waals surface area contributed by atoms with Crippen LogP contribution < -0.4 is 10.6 Å². The van der Waals surface area contributed by atoms with Crippen LogP contribution in [0, 0.1) is 11.3 Å². The Labute approximate surface area is 91.8 Å². The van der Waals surface area contributed by atoms with Crippen LogP contribution in [0.5, 0.6) is 0 Å². The van der Waals surface area contributed by atoms with Crippen LogP contribution in [0.15, 0.2) is 0 Å². The highest BCUT2D eigenvalue weighted by atomic mass is 16.6. The van der Waals surface area contributed by atoms with Crippen LogP contribution in [0.1, 0.15) is 27.2 Å². The molecule has 0 saturated carbocycles. The quantitative estimate of drug-likeness (QED) is 0.680. The number of hydrogen-bond acceptors (Lipinski definition) is 4. The number of nitrogens with one attached hydrogen (secondary N) is 2. The standard InChI is InChI=1S/C11H22N2O2/c1-11(2,3)10(14)15-9-8(7-12-4)5-6-13-9/h8-9,12-13H,5-7H2,1-4H3. The van der Waals surface area contributed by atoms with Crippen LogP contribution in [0.2, 0.25) is 0 Å². The lowest BCUT2D eigenvalue weighted by atomic mass is 9.97. The van der Waals surface area contributed by atoms with Crippen LogP contribution in [0.3, 0.4) is 0 Å². The minimum atomic E-state index is -0.422. The van der Waals surface area contributed by atoms with Gasteiger partial charge in [0.25, 0.3) is 0 Å². The SMILES string of the molecule is CNCC1CCNC1OC(=O)C(C)(C)C. The molecular weight excluding hydrogens is 192 g/mol. The second-order valence-corrected chi connectivity index (χ2v) is 5.14. The Kier molecular flexibility index (Phi) is 4.11. The lowest BCUT2D eigenvalue weighted by Crippen LogP contribution is -2.39. The Bertz CT molecular complexity index is 223. The smallest absolute Gasteiger partial charge is 0.312 e. The summed E-state index contributed by atoms with van der Waals surface area (Å²) in [7, 11) is 1.92. The summed E-state index contributed by atoms with van der Waals surface area (Å²) in [5.74, 6) is 0.254. The van der Waals surface area contributed by atoms with Crippen molar-refractivity contribution in [1.29, 1.82) is 0 Å². The summed E-state index contributed by atoms with van der Waals surface area (Å²) < 4.78 is 5.45. The average Bonchev–Trinajstić information content (AvgIpc) is 2.52. The molecule has 4 nitrogen and oxygen atoms in total. The van der Waals surface area contributed by atoms with Crippen molar-refractivity contribution in [2.45, 2.75) is 33.4 Å². The van der Waals surface area contributed by atoms with E-state index < -0.39 is 5.41 Å². The molecule has 4 heteroatoms. The van der Waals surface area contributed by atoms with E-state index in [1.165, 1.54) is 0 Å². The summed E-state index contributed by atoms with van der Waals surface area (Å²) in [6.45, 7) is 7.43. The largest absolute Gasteiger partial charge is 0.446 e. The normalized spacial score (nSPS) is 26.7. The van der Waals surface area contributed by atoms with Gasteiger partial charge in [-0.05, 0) is 40.8 Å². The molecule has 1 saturated heterocycles. The fourth-order valence-electron chi connectivity index (χ4n) is 1.63. The molecule has 88 valence electrons. The molecule has 1 heterocycles. The third-order valence-electron chi connectivity index (χ3n) is 2.60. The molecule has 0 bridgehead atoms. The zero-order valence-corrected chi connectivity index (χ0v) is 10.1. The second-order valence-electron chi connectivity index (χ2n) is 5.14. The highest BCUT2D eigenvalue weighted by molar-refractivity contribution is 5.75. The molecule has 0 radical (unpaired) electrons. The highest BCUT2D eigenvalue weighted by Gasteiger charge is 2.33. The molecule has 1 fully saturated rings. The molecule has 1 aliphatic heterocycles. The third kappa shape index (κ3) is 3.47. The molecule has 0 aromatic heterocycles. The van der Waals surface area contributed by atoms with Gasteiger partial charge in [-0.25, -0.2) is 0 Å². The van der Waals surface area contributed by atoms with Crippen molar-refractivity contribution in [1.82, 2.24) is 10.6 Å². The van der Waals surface area contributed by atoms with E-state index in [2.05, 4.69) is 10.6 Å². The van der Waals surface area contributed by atoms with Crippen LogP contribution in [0.4, 0.5) is 0 Å². The number of hydrogen-bond donors (Lipinski definition) is 2. The van der Waals surface area contributed by atoms with Crippen molar-refractivity contribution >= 4 is 5.97 Å². The van der Waals surface area contributed by atoms with Gasteiger partial charge < -0.3 is 10.1 Å². The molecule has 0 aromatic carbocycles. The first kappa shape index (κ1) is 12.5. The molecular formula is C11H22N2O2. The van der Waals surface area contributed by atoms with Gasteiger partial charge >= 0.3 is 5.97 Å². The minimum absolute atomic E-state index is 0.121. The summed E-state index contributed by atoms with van der Waals surface area (Å²) >= 11 is 0. The van der Waals surface area contributed by atoms with Gasteiger partial charge in [0.05, 0.1) is 5.41 Å². The van der Waals surface area contributed by atoms with Crippen molar-refractivity contribution in [3.63, 3.8) is 0 Å². The highest BCUT2D eigenvalue weighted by Crippen LogP contribution is 2.21. The van der Waals surface area contributed by atoms with E-state index in [0.717, 1.165) is 19.5 Å². The van der Waals surface area contributed by atoms with Crippen molar-refractivity contribution in [2.24, 2.45) is 11.3 Å². The molecule has 2 N–H and O–H groups in total. The molecule has 0 aliphatic carbocycles. The number of carbonyl (C=O) groups is 1. The average molecular weight is 214 g/mol. The lowest BCUT2D eigenvalue weighted by molar-refractivity contribution is -0.161. The maximum absolute atomic E-state index is 11.7. The Balaban J connectivity index is 2.47. The summed E-state index contributed by atoms with van der Waals surface area (Å²) in [6.07, 6.45) is 0.937. The van der Waals surface area contributed by atoms with Gasteiger partial charge in [0.1, 0.15) is 0 Å². The summed E-state index contributed by atoms with van der Waals surface area (Å²) in [5.41, 5.74) is -0.422. The molecule has 0 aromatic rings. The van der Waals surface area contributed by atoms with E-state index >= 15 is 0 Å². The second kappa shape index (κ2) is 4.94. The molecule has 15 heavy (non-hydrogen) atoms. The van der Waals surface area contributed by atoms with Gasteiger partial charge in [-0.3, -0.25) is 10.1 Å². The van der Waals surface area contributed by atoms with Crippen LogP contribution in [-0.2, 0) is 9.53 Å². The Morgan fingerprint density at radius 3 is 2.73 bits per heavy atom. The number of ether oxygens (including phenoxy) is 1. The van der Waals surface area contributed by atoms with Crippen molar-refractivity contribution in [2.75, 3.05) is 20.1 Å². The summed E-state index contributed by atoms with van der Waals surface area (Å²) in [5, 5.41) is 6.33. The molecule has 0 spiro atoms. The van der Waals surface area contributed by atoms with Gasteiger partial charge in [-0.2, -0.15) is 0 Å². The van der Waals surface area contributed by atoms with Crippen LogP contribution >= 0.6 is 0 Å². The van der Waals surface area contributed by atoms with Crippen LogP contribution in [-0.4, -0.2) is 32.3 Å². The maximum atomic E-state index is 11.7. The third-order valence-corrected chi connectivity index (χ3v) is 2.60. The van der Waals surface area contributed by atoms with Gasteiger partial charge in [-0.1, -0.05) is 0 Å². The first-order valence-electron chi connectivity index (χ1n) is 5.54. The van der Waals surface area contributed by atoms with Crippen molar-refractivity contribution in [3.8, 4) is 0 Å². The number of esters is 1. The minimum Gasteiger partial charge on any atom is -0.446 e. The van der Waals surface area contributed by atoms with Gasteiger partial charge in [0.2, 0.25) is 0 Å². The van der Waals surface area contributed by atoms with Gasteiger partial charge in [0.15, 0.2) is 6.23 Å². The molecule has 2 atom stereocenters. The van der Waals surface area contributed by atoms with E-state index in [4.69, 9.17) is 4.74 Å². The Morgan fingerprint density at radius 2 is 2.20 bits per heavy atom. The monoisotopic (exact) mass is 214 g/mol. The molecule has 0 amide bonds. The molecule has 1 rings (SSSR count). The van der Waals surface area contributed by atoms with E-state index in [0.29, 0.717) is 5.92 Å². The Morgan fingerprint density at radius 1 is 1.53 bits per heavy atom. The fourth-order valence-corrected chi connectivity index (χ4v) is 1.63. The summed E-state index contributed by atoms with van der Waals surface area (Å²) in [4.78, 5) is 11.7. The van der Waals surface area contributed by atoms with Gasteiger partial charge in [-0.15, -0.1) is 0 Å². The van der Waals surface area contributed by atoms with Crippen LogP contribution in [0.25, 0.3) is 0 Å². The topological polar surface area (TPSA) is 50.4 Å². The fraction of sp³-hybridized carbons (Fsp3) is 0.909. The first-order chi connectivity index (χ1) is 6.95. The predicted molar refractivity (Wildman–Crippen MR) is 59.4 cm³/mol. The van der Waals surface area contributed by atoms with Crippen molar-refractivity contribution in [3.05, 3.63) is 0 Å². The zero-order chi connectivity index (χ0) is 11.5.